The second-order valence-corrected chi connectivity index (χ2v) is 5.49. The largest absolute Gasteiger partial charge is 0.393 e. The van der Waals surface area contributed by atoms with Crippen molar-refractivity contribution in [1.29, 1.82) is 0 Å². The molecule has 0 radical (unpaired) electrons. The van der Waals surface area contributed by atoms with Crippen molar-refractivity contribution in [3.05, 3.63) is 12.7 Å². The minimum Gasteiger partial charge on any atom is -0.393 e. The van der Waals surface area contributed by atoms with Gasteiger partial charge in [0.1, 0.15) is 0 Å². The summed E-state index contributed by atoms with van der Waals surface area (Å²) in [5.74, 6) is 0. The molecule has 0 bridgehead atoms. The Labute approximate surface area is 115 Å². The van der Waals surface area contributed by atoms with E-state index in [-0.39, 0.29) is 6.10 Å². The van der Waals surface area contributed by atoms with Gasteiger partial charge in [0.05, 0.1) is 6.10 Å². The van der Waals surface area contributed by atoms with Crippen molar-refractivity contribution in [2.24, 2.45) is 0 Å². The molecule has 0 aromatic heterocycles. The van der Waals surface area contributed by atoms with E-state index in [9.17, 15) is 5.11 Å². The molecule has 0 spiro atoms. The van der Waals surface area contributed by atoms with E-state index in [4.69, 9.17) is 0 Å². The zero-order chi connectivity index (χ0) is 13.5. The summed E-state index contributed by atoms with van der Waals surface area (Å²) in [5.41, 5.74) is 0. The Morgan fingerprint density at radius 1 is 0.833 bits per heavy atom. The van der Waals surface area contributed by atoms with Gasteiger partial charge >= 0.3 is 0 Å². The first kappa shape index (κ1) is 17.7. The molecule has 1 nitrogen and oxygen atoms in total. The predicted molar refractivity (Wildman–Crippen MR) is 81.9 cm³/mol. The van der Waals surface area contributed by atoms with E-state index in [0.29, 0.717) is 0 Å². The zero-order valence-corrected chi connectivity index (χ0v) is 12.5. The lowest BCUT2D eigenvalue weighted by atomic mass is 10.0. The molecule has 1 unspecified atom stereocenters. The molecule has 108 valence electrons. The van der Waals surface area contributed by atoms with Crippen LogP contribution in [0.4, 0.5) is 0 Å². The van der Waals surface area contributed by atoms with Crippen molar-refractivity contribution < 1.29 is 5.11 Å². The Balaban J connectivity index is 3.07. The second-order valence-electron chi connectivity index (χ2n) is 5.49. The molecule has 0 aromatic rings. The summed E-state index contributed by atoms with van der Waals surface area (Å²) in [5, 5.41) is 9.74. The van der Waals surface area contributed by atoms with Gasteiger partial charge in [0.15, 0.2) is 0 Å². The highest BCUT2D eigenvalue weighted by atomic mass is 16.3. The van der Waals surface area contributed by atoms with Crippen molar-refractivity contribution in [2.45, 2.75) is 96.5 Å². The topological polar surface area (TPSA) is 20.2 Å². The average Bonchev–Trinajstić information content (AvgIpc) is 2.37. The fourth-order valence-corrected chi connectivity index (χ4v) is 2.33. The molecule has 0 aliphatic carbocycles. The van der Waals surface area contributed by atoms with Gasteiger partial charge in [0.25, 0.3) is 0 Å². The van der Waals surface area contributed by atoms with Crippen molar-refractivity contribution in [1.82, 2.24) is 0 Å². The summed E-state index contributed by atoms with van der Waals surface area (Å²) in [6.07, 6.45) is 18.1. The molecule has 0 heterocycles. The third kappa shape index (κ3) is 13.8. The Hall–Kier alpha value is -0.300. The summed E-state index contributed by atoms with van der Waals surface area (Å²) < 4.78 is 0. The molecule has 1 atom stereocenters. The van der Waals surface area contributed by atoms with Crippen LogP contribution in [-0.2, 0) is 0 Å². The number of unbranched alkanes of at least 4 members (excludes halogenated alkanes) is 9. The third-order valence-electron chi connectivity index (χ3n) is 3.59. The number of aliphatic hydroxyl groups is 1. The minimum atomic E-state index is -0.0745. The summed E-state index contributed by atoms with van der Waals surface area (Å²) >= 11 is 0. The fourth-order valence-electron chi connectivity index (χ4n) is 2.33. The predicted octanol–water partition coefficient (Wildman–Crippen LogP) is 5.62. The first-order valence-corrected chi connectivity index (χ1v) is 8.10. The molecule has 0 aliphatic rings. The van der Waals surface area contributed by atoms with Crippen LogP contribution in [0.5, 0.6) is 0 Å². The van der Waals surface area contributed by atoms with E-state index in [2.05, 4.69) is 13.5 Å². The molecule has 0 aromatic carbocycles. The van der Waals surface area contributed by atoms with Crippen LogP contribution in [0.25, 0.3) is 0 Å². The van der Waals surface area contributed by atoms with E-state index in [1.165, 1.54) is 57.8 Å². The van der Waals surface area contributed by atoms with Gasteiger partial charge in [-0.25, -0.2) is 0 Å². The molecule has 0 rings (SSSR count). The first-order chi connectivity index (χ1) is 8.81. The van der Waals surface area contributed by atoms with E-state index >= 15 is 0 Å². The smallest absolute Gasteiger partial charge is 0.0540 e. The molecule has 0 saturated carbocycles. The molecule has 1 heteroatoms. The highest BCUT2D eigenvalue weighted by Gasteiger charge is 2.02. The van der Waals surface area contributed by atoms with E-state index in [0.717, 1.165) is 25.7 Å². The molecule has 18 heavy (non-hydrogen) atoms. The lowest BCUT2D eigenvalue weighted by molar-refractivity contribution is 0.148. The van der Waals surface area contributed by atoms with Gasteiger partial charge in [-0.15, -0.1) is 6.58 Å². The maximum Gasteiger partial charge on any atom is 0.0540 e. The molecular weight excluding hydrogens is 220 g/mol. The number of hydrogen-bond donors (Lipinski definition) is 1. The maximum atomic E-state index is 9.74. The standard InChI is InChI=1S/C17H34O/c1-3-5-7-8-9-10-11-12-14-16-17(18)15-13-6-4-2/h4,17-18H,2-3,5-16H2,1H3. The minimum absolute atomic E-state index is 0.0745. The Bertz CT molecular complexity index is 165. The van der Waals surface area contributed by atoms with E-state index in [1.807, 2.05) is 6.08 Å². The maximum absolute atomic E-state index is 9.74. The summed E-state index contributed by atoms with van der Waals surface area (Å²) in [4.78, 5) is 0. The van der Waals surface area contributed by atoms with Crippen LogP contribution in [0.1, 0.15) is 90.4 Å². The molecule has 0 amide bonds. The van der Waals surface area contributed by atoms with Gasteiger partial charge in [0, 0.05) is 0 Å². The Morgan fingerprint density at radius 3 is 1.89 bits per heavy atom. The van der Waals surface area contributed by atoms with E-state index in [1.54, 1.807) is 0 Å². The summed E-state index contributed by atoms with van der Waals surface area (Å²) in [6, 6.07) is 0. The molecular formula is C17H34O. The van der Waals surface area contributed by atoms with Gasteiger partial charge in [-0.1, -0.05) is 70.8 Å². The van der Waals surface area contributed by atoms with E-state index < -0.39 is 0 Å². The second kappa shape index (κ2) is 14.8. The Morgan fingerprint density at radius 2 is 1.33 bits per heavy atom. The van der Waals surface area contributed by atoms with Crippen LogP contribution < -0.4 is 0 Å². The third-order valence-corrected chi connectivity index (χ3v) is 3.59. The summed E-state index contributed by atoms with van der Waals surface area (Å²) in [7, 11) is 0. The molecule has 0 fully saturated rings. The molecule has 0 aliphatic heterocycles. The van der Waals surface area contributed by atoms with Gasteiger partial charge < -0.3 is 5.11 Å². The summed E-state index contributed by atoms with van der Waals surface area (Å²) in [6.45, 7) is 5.96. The van der Waals surface area contributed by atoms with Crippen molar-refractivity contribution in [3.8, 4) is 0 Å². The number of rotatable bonds is 14. The highest BCUT2D eigenvalue weighted by Crippen LogP contribution is 2.13. The first-order valence-electron chi connectivity index (χ1n) is 8.10. The number of hydrogen-bond acceptors (Lipinski definition) is 1. The molecule has 1 N–H and O–H groups in total. The van der Waals surface area contributed by atoms with Crippen LogP contribution in [0.15, 0.2) is 12.7 Å². The van der Waals surface area contributed by atoms with Crippen LogP contribution >= 0.6 is 0 Å². The van der Waals surface area contributed by atoms with Crippen LogP contribution in [0.2, 0.25) is 0 Å². The normalized spacial score (nSPS) is 12.6. The number of allylic oxidation sites excluding steroid dienone is 1. The Kier molecular flexibility index (Phi) is 14.5. The molecule has 0 saturated heterocycles. The van der Waals surface area contributed by atoms with Crippen molar-refractivity contribution >= 4 is 0 Å². The van der Waals surface area contributed by atoms with Crippen LogP contribution in [0, 0.1) is 0 Å². The zero-order valence-electron chi connectivity index (χ0n) is 12.5. The number of aliphatic hydroxyl groups excluding tert-OH is 1. The van der Waals surface area contributed by atoms with Crippen molar-refractivity contribution in [3.63, 3.8) is 0 Å². The van der Waals surface area contributed by atoms with Crippen LogP contribution in [0.3, 0.4) is 0 Å². The lowest BCUT2D eigenvalue weighted by Gasteiger charge is -2.09. The van der Waals surface area contributed by atoms with Crippen molar-refractivity contribution in [2.75, 3.05) is 0 Å². The average molecular weight is 254 g/mol. The van der Waals surface area contributed by atoms with Gasteiger partial charge in [0.2, 0.25) is 0 Å². The monoisotopic (exact) mass is 254 g/mol. The van der Waals surface area contributed by atoms with Gasteiger partial charge in [-0.2, -0.15) is 0 Å². The lowest BCUT2D eigenvalue weighted by Crippen LogP contribution is -2.05. The quantitative estimate of drug-likeness (QED) is 0.315. The van der Waals surface area contributed by atoms with Crippen LogP contribution in [-0.4, -0.2) is 11.2 Å². The SMILES string of the molecule is C=CCCCC(O)CCCCCCCCCCC. The van der Waals surface area contributed by atoms with Gasteiger partial charge in [-0.3, -0.25) is 0 Å². The van der Waals surface area contributed by atoms with Gasteiger partial charge in [-0.05, 0) is 25.7 Å². The highest BCUT2D eigenvalue weighted by molar-refractivity contribution is 4.67. The fraction of sp³-hybridized carbons (Fsp3) is 0.882.